The fourth-order valence-electron chi connectivity index (χ4n) is 3.74. The minimum atomic E-state index is -0.413. The summed E-state index contributed by atoms with van der Waals surface area (Å²) in [5, 5.41) is 0. The molecule has 0 saturated heterocycles. The van der Waals surface area contributed by atoms with E-state index in [9.17, 15) is 9.59 Å². The smallest absolute Gasteiger partial charge is 0.343 e. The number of nitrogens with zero attached hydrogens (tertiary/aromatic N) is 1. The molecule has 0 aliphatic carbocycles. The molecule has 200 valence electrons. The van der Waals surface area contributed by atoms with Gasteiger partial charge in [-0.3, -0.25) is 4.98 Å². The highest BCUT2D eigenvalue weighted by Crippen LogP contribution is 2.22. The van der Waals surface area contributed by atoms with Gasteiger partial charge in [0.1, 0.15) is 11.5 Å². The maximum absolute atomic E-state index is 12.5. The van der Waals surface area contributed by atoms with Gasteiger partial charge in [-0.1, -0.05) is 45.3 Å². The van der Waals surface area contributed by atoms with E-state index in [1.807, 2.05) is 24.4 Å². The van der Waals surface area contributed by atoms with Gasteiger partial charge in [0, 0.05) is 17.3 Å². The topological polar surface area (TPSA) is 74.7 Å². The molecule has 6 nitrogen and oxygen atoms in total. The Hall–Kier alpha value is -3.93. The third-order valence-electron chi connectivity index (χ3n) is 6.07. The molecule has 0 fully saturated rings. The van der Waals surface area contributed by atoms with Crippen LogP contribution in [0.4, 0.5) is 0 Å². The number of carbonyl (C=O) groups excluding carboxylic acids is 2. The van der Waals surface area contributed by atoms with E-state index >= 15 is 0 Å². The summed E-state index contributed by atoms with van der Waals surface area (Å²) in [6.45, 7) is 8.40. The Morgan fingerprint density at radius 2 is 1.42 bits per heavy atom. The highest BCUT2D eigenvalue weighted by molar-refractivity contribution is 5.91. The summed E-state index contributed by atoms with van der Waals surface area (Å²) in [6, 6.07) is 18.4. The highest BCUT2D eigenvalue weighted by Gasteiger charge is 2.10. The predicted octanol–water partition coefficient (Wildman–Crippen LogP) is 7.37. The Labute approximate surface area is 225 Å². The van der Waals surface area contributed by atoms with E-state index < -0.39 is 5.97 Å². The number of benzene rings is 2. The zero-order valence-corrected chi connectivity index (χ0v) is 22.4. The van der Waals surface area contributed by atoms with Gasteiger partial charge < -0.3 is 14.2 Å². The van der Waals surface area contributed by atoms with Gasteiger partial charge in [0.15, 0.2) is 0 Å². The van der Waals surface area contributed by atoms with Crippen molar-refractivity contribution in [1.82, 2.24) is 4.98 Å². The molecule has 0 bridgehead atoms. The van der Waals surface area contributed by atoms with Crippen LogP contribution in [0.15, 0.2) is 79.0 Å². The van der Waals surface area contributed by atoms with Gasteiger partial charge >= 0.3 is 11.9 Å². The van der Waals surface area contributed by atoms with Crippen LogP contribution in [0.25, 0.3) is 11.3 Å². The molecule has 0 spiro atoms. The van der Waals surface area contributed by atoms with Crippen LogP contribution >= 0.6 is 0 Å². The van der Waals surface area contributed by atoms with Crippen LogP contribution in [0.2, 0.25) is 0 Å². The molecule has 0 saturated carbocycles. The molecule has 0 radical (unpaired) electrons. The quantitative estimate of drug-likeness (QED) is 0.0910. The lowest BCUT2D eigenvalue weighted by molar-refractivity contribution is -0.139. The summed E-state index contributed by atoms with van der Waals surface area (Å²) >= 11 is 0. The molecule has 0 N–H and O–H groups in total. The van der Waals surface area contributed by atoms with Crippen molar-refractivity contribution in [1.29, 1.82) is 0 Å². The Morgan fingerprint density at radius 1 is 0.789 bits per heavy atom. The first-order valence-corrected chi connectivity index (χ1v) is 13.3. The first kappa shape index (κ1) is 28.6. The number of esters is 2. The van der Waals surface area contributed by atoms with Crippen molar-refractivity contribution in [2.24, 2.45) is 0 Å². The molecule has 3 rings (SSSR count). The number of hydrogen-bond acceptors (Lipinski definition) is 6. The summed E-state index contributed by atoms with van der Waals surface area (Å²) in [4.78, 5) is 28.3. The molecule has 0 aliphatic heterocycles. The Balaban J connectivity index is 1.32. The number of pyridine rings is 1. The lowest BCUT2D eigenvalue weighted by atomic mass is 10.1. The number of carbonyl (C=O) groups is 2. The molecule has 2 aromatic carbocycles. The highest BCUT2D eigenvalue weighted by atomic mass is 16.5. The van der Waals surface area contributed by atoms with E-state index in [0.29, 0.717) is 30.1 Å². The first-order valence-electron chi connectivity index (χ1n) is 13.3. The van der Waals surface area contributed by atoms with Gasteiger partial charge in [0.25, 0.3) is 0 Å². The molecule has 1 heterocycles. The SMILES string of the molecule is C=C(C)C(=O)OCCCCCCCCOc1ccc(C(=O)Oc2ccc(-c3ccc(CC)cn3)cc2)cc1. The van der Waals surface area contributed by atoms with Crippen LogP contribution in [0.1, 0.15) is 68.3 Å². The maximum Gasteiger partial charge on any atom is 0.343 e. The van der Waals surface area contributed by atoms with Crippen LogP contribution in [0.3, 0.4) is 0 Å². The second-order valence-electron chi connectivity index (χ2n) is 9.23. The predicted molar refractivity (Wildman–Crippen MR) is 149 cm³/mol. The molecule has 0 unspecified atom stereocenters. The van der Waals surface area contributed by atoms with Crippen LogP contribution in [-0.2, 0) is 16.0 Å². The number of aryl methyl sites for hydroxylation is 1. The zero-order valence-electron chi connectivity index (χ0n) is 22.4. The third kappa shape index (κ3) is 9.51. The van der Waals surface area contributed by atoms with E-state index in [-0.39, 0.29) is 5.97 Å². The van der Waals surface area contributed by atoms with E-state index in [4.69, 9.17) is 14.2 Å². The second-order valence-corrected chi connectivity index (χ2v) is 9.23. The van der Waals surface area contributed by atoms with Crippen LogP contribution < -0.4 is 9.47 Å². The van der Waals surface area contributed by atoms with E-state index in [1.54, 1.807) is 43.3 Å². The van der Waals surface area contributed by atoms with Gasteiger partial charge in [-0.2, -0.15) is 0 Å². The molecule has 6 heteroatoms. The van der Waals surface area contributed by atoms with E-state index in [2.05, 4.69) is 24.6 Å². The molecule has 0 amide bonds. The number of unbranched alkanes of at least 4 members (excludes halogenated alkanes) is 5. The molecule has 38 heavy (non-hydrogen) atoms. The summed E-state index contributed by atoms with van der Waals surface area (Å²) < 4.78 is 16.4. The molecular weight excluding hydrogens is 478 g/mol. The van der Waals surface area contributed by atoms with Gasteiger partial charge in [0.05, 0.1) is 24.5 Å². The molecule has 3 aromatic rings. The molecular formula is C32H37NO5. The number of ether oxygens (including phenoxy) is 3. The number of rotatable bonds is 15. The summed E-state index contributed by atoms with van der Waals surface area (Å²) in [5.74, 6) is 0.484. The largest absolute Gasteiger partial charge is 0.494 e. The Kier molecular flexibility index (Phi) is 11.6. The van der Waals surface area contributed by atoms with Crippen LogP contribution in [0.5, 0.6) is 11.5 Å². The molecule has 0 atom stereocenters. The molecule has 1 aromatic heterocycles. The normalized spacial score (nSPS) is 10.6. The van der Waals surface area contributed by atoms with Crippen LogP contribution in [0, 0.1) is 0 Å². The van der Waals surface area contributed by atoms with Crippen molar-refractivity contribution in [2.75, 3.05) is 13.2 Å². The monoisotopic (exact) mass is 515 g/mol. The van der Waals surface area contributed by atoms with Crippen LogP contribution in [-0.4, -0.2) is 30.1 Å². The van der Waals surface area contributed by atoms with Gasteiger partial charge in [-0.25, -0.2) is 9.59 Å². The fraction of sp³-hybridized carbons (Fsp3) is 0.344. The minimum absolute atomic E-state index is 0.316. The Morgan fingerprint density at radius 3 is 2.03 bits per heavy atom. The van der Waals surface area contributed by atoms with Gasteiger partial charge in [0.2, 0.25) is 0 Å². The zero-order chi connectivity index (χ0) is 27.2. The van der Waals surface area contributed by atoms with Crippen molar-refractivity contribution in [3.63, 3.8) is 0 Å². The van der Waals surface area contributed by atoms with E-state index in [0.717, 1.165) is 62.0 Å². The average Bonchev–Trinajstić information content (AvgIpc) is 2.94. The summed E-state index contributed by atoms with van der Waals surface area (Å²) in [5.41, 5.74) is 3.95. The Bertz CT molecular complexity index is 1170. The standard InChI is InChI=1S/C32H37NO5/c1-4-25-11-20-30(33-23-25)26-12-18-29(19-13-26)38-32(35)27-14-16-28(17-15-27)36-21-9-7-5-6-8-10-22-37-31(34)24(2)3/h11-20,23H,2,4-10,21-22H2,1,3H3. The van der Waals surface area contributed by atoms with Crippen molar-refractivity contribution in [3.8, 4) is 22.8 Å². The first-order chi connectivity index (χ1) is 18.5. The summed E-state index contributed by atoms with van der Waals surface area (Å²) in [6.07, 6.45) is 9.01. The van der Waals surface area contributed by atoms with Crippen molar-refractivity contribution in [3.05, 3.63) is 90.1 Å². The van der Waals surface area contributed by atoms with Crippen molar-refractivity contribution >= 4 is 11.9 Å². The van der Waals surface area contributed by atoms with E-state index in [1.165, 1.54) is 5.56 Å². The minimum Gasteiger partial charge on any atom is -0.494 e. The van der Waals surface area contributed by atoms with Gasteiger partial charge in [-0.05, 0) is 86.3 Å². The molecule has 0 aliphatic rings. The maximum atomic E-state index is 12.5. The van der Waals surface area contributed by atoms with Gasteiger partial charge in [-0.15, -0.1) is 0 Å². The summed E-state index contributed by atoms with van der Waals surface area (Å²) in [7, 11) is 0. The lowest BCUT2D eigenvalue weighted by Crippen LogP contribution is -2.08. The number of hydrogen-bond donors (Lipinski definition) is 0. The van der Waals surface area contributed by atoms with Crippen molar-refractivity contribution < 1.29 is 23.8 Å². The third-order valence-corrected chi connectivity index (χ3v) is 6.07. The number of aromatic nitrogens is 1. The van der Waals surface area contributed by atoms with Crippen molar-refractivity contribution in [2.45, 2.75) is 58.8 Å². The average molecular weight is 516 g/mol. The second kappa shape index (κ2) is 15.4. The lowest BCUT2D eigenvalue weighted by Gasteiger charge is -2.08. The fourth-order valence-corrected chi connectivity index (χ4v) is 3.74.